The number of ether oxygens (including phenoxy) is 2. The SMILES string of the molecule is COCC(=O)Nc1ccc(N2CCN(c3ccccc3OC)CC2)c(C(=O)NCc2ccccc2)c1. The third-order valence-corrected chi connectivity index (χ3v) is 6.14. The molecule has 1 fully saturated rings. The van der Waals surface area contributed by atoms with Gasteiger partial charge in [0, 0.05) is 51.2 Å². The predicted octanol–water partition coefficient (Wildman–Crippen LogP) is 3.54. The van der Waals surface area contributed by atoms with E-state index in [0.717, 1.165) is 48.9 Å². The number of hydrogen-bond donors (Lipinski definition) is 2. The highest BCUT2D eigenvalue weighted by Gasteiger charge is 2.24. The van der Waals surface area contributed by atoms with Gasteiger partial charge in [-0.25, -0.2) is 0 Å². The van der Waals surface area contributed by atoms with E-state index in [1.165, 1.54) is 7.11 Å². The summed E-state index contributed by atoms with van der Waals surface area (Å²) in [6.07, 6.45) is 0. The van der Waals surface area contributed by atoms with Crippen molar-refractivity contribution in [3.63, 3.8) is 0 Å². The summed E-state index contributed by atoms with van der Waals surface area (Å²) >= 11 is 0. The minimum Gasteiger partial charge on any atom is -0.495 e. The summed E-state index contributed by atoms with van der Waals surface area (Å²) in [5.74, 6) is 0.387. The summed E-state index contributed by atoms with van der Waals surface area (Å²) in [7, 11) is 3.15. The molecule has 1 aliphatic heterocycles. The molecule has 0 atom stereocenters. The van der Waals surface area contributed by atoms with Crippen LogP contribution < -0.4 is 25.2 Å². The highest BCUT2D eigenvalue weighted by molar-refractivity contribution is 6.02. The third kappa shape index (κ3) is 6.14. The Labute approximate surface area is 211 Å². The highest BCUT2D eigenvalue weighted by Crippen LogP contribution is 2.31. The largest absolute Gasteiger partial charge is 0.495 e. The Balaban J connectivity index is 1.52. The molecule has 8 heteroatoms. The van der Waals surface area contributed by atoms with Gasteiger partial charge in [0.1, 0.15) is 12.4 Å². The summed E-state index contributed by atoms with van der Waals surface area (Å²) in [6, 6.07) is 23.2. The van der Waals surface area contributed by atoms with Gasteiger partial charge in [0.2, 0.25) is 5.91 Å². The molecule has 3 aromatic rings. The number of nitrogens with zero attached hydrogens (tertiary/aromatic N) is 2. The van der Waals surface area contributed by atoms with Gasteiger partial charge in [0.05, 0.1) is 18.4 Å². The molecule has 1 saturated heterocycles. The molecule has 8 nitrogen and oxygen atoms in total. The molecule has 2 N–H and O–H groups in total. The lowest BCUT2D eigenvalue weighted by molar-refractivity contribution is -0.119. The lowest BCUT2D eigenvalue weighted by atomic mass is 10.1. The number of amides is 2. The Morgan fingerprint density at radius 1 is 0.833 bits per heavy atom. The van der Waals surface area contributed by atoms with Gasteiger partial charge >= 0.3 is 0 Å². The van der Waals surface area contributed by atoms with E-state index in [1.54, 1.807) is 13.2 Å². The van der Waals surface area contributed by atoms with Crippen molar-refractivity contribution in [2.24, 2.45) is 0 Å². The number of methoxy groups -OCH3 is 2. The molecule has 0 radical (unpaired) electrons. The first-order valence-corrected chi connectivity index (χ1v) is 12.0. The van der Waals surface area contributed by atoms with Crippen LogP contribution >= 0.6 is 0 Å². The Hall–Kier alpha value is -4.04. The zero-order chi connectivity index (χ0) is 25.3. The molecule has 188 valence electrons. The van der Waals surface area contributed by atoms with Crippen molar-refractivity contribution in [2.75, 3.05) is 62.1 Å². The molecule has 2 amide bonds. The van der Waals surface area contributed by atoms with Crippen molar-refractivity contribution in [3.8, 4) is 5.75 Å². The Morgan fingerprint density at radius 2 is 1.50 bits per heavy atom. The standard InChI is InChI=1S/C28H32N4O4/c1-35-20-27(33)30-22-12-13-24(23(18-22)28(34)29-19-21-8-4-3-5-9-21)31-14-16-32(17-15-31)25-10-6-7-11-26(25)36-2/h3-13,18H,14-17,19-20H2,1-2H3,(H,29,34)(H,30,33). The summed E-state index contributed by atoms with van der Waals surface area (Å²) in [5.41, 5.74) is 3.99. The topological polar surface area (TPSA) is 83.1 Å². The number of rotatable bonds is 9. The summed E-state index contributed by atoms with van der Waals surface area (Å²) < 4.78 is 10.4. The van der Waals surface area contributed by atoms with Gasteiger partial charge in [-0.3, -0.25) is 9.59 Å². The van der Waals surface area contributed by atoms with Gasteiger partial charge in [-0.15, -0.1) is 0 Å². The highest BCUT2D eigenvalue weighted by atomic mass is 16.5. The van der Waals surface area contributed by atoms with Gasteiger partial charge in [0.25, 0.3) is 5.91 Å². The lowest BCUT2D eigenvalue weighted by Crippen LogP contribution is -2.47. The van der Waals surface area contributed by atoms with Gasteiger partial charge < -0.3 is 29.9 Å². The van der Waals surface area contributed by atoms with Crippen LogP contribution in [0.2, 0.25) is 0 Å². The number of carbonyl (C=O) groups excluding carboxylic acids is 2. The third-order valence-electron chi connectivity index (χ3n) is 6.14. The first-order chi connectivity index (χ1) is 17.6. The van der Waals surface area contributed by atoms with Gasteiger partial charge in [0.15, 0.2) is 0 Å². The van der Waals surface area contributed by atoms with Crippen LogP contribution in [0.4, 0.5) is 17.1 Å². The second-order valence-corrected chi connectivity index (χ2v) is 8.53. The molecular formula is C28H32N4O4. The zero-order valence-electron chi connectivity index (χ0n) is 20.7. The Kier molecular flexibility index (Phi) is 8.41. The van der Waals surface area contributed by atoms with Crippen molar-refractivity contribution in [1.29, 1.82) is 0 Å². The van der Waals surface area contributed by atoms with Crippen molar-refractivity contribution >= 4 is 28.9 Å². The van der Waals surface area contributed by atoms with E-state index in [2.05, 4.69) is 26.5 Å². The molecule has 1 aliphatic rings. The fourth-order valence-electron chi connectivity index (χ4n) is 4.35. The molecule has 0 aliphatic carbocycles. The molecule has 0 bridgehead atoms. The van der Waals surface area contributed by atoms with Crippen molar-refractivity contribution in [2.45, 2.75) is 6.54 Å². The van der Waals surface area contributed by atoms with E-state index >= 15 is 0 Å². The van der Waals surface area contributed by atoms with E-state index in [9.17, 15) is 9.59 Å². The van der Waals surface area contributed by atoms with Crippen molar-refractivity contribution in [1.82, 2.24) is 5.32 Å². The van der Waals surface area contributed by atoms with E-state index in [1.807, 2.05) is 60.7 Å². The number of nitrogens with one attached hydrogen (secondary N) is 2. The Bertz CT molecular complexity index is 1180. The average molecular weight is 489 g/mol. The van der Waals surface area contributed by atoms with Crippen LogP contribution in [0.1, 0.15) is 15.9 Å². The van der Waals surface area contributed by atoms with Crippen LogP contribution in [0.25, 0.3) is 0 Å². The number of benzene rings is 3. The number of piperazine rings is 1. The maximum absolute atomic E-state index is 13.3. The van der Waals surface area contributed by atoms with E-state index in [-0.39, 0.29) is 18.4 Å². The van der Waals surface area contributed by atoms with Crippen molar-refractivity contribution < 1.29 is 19.1 Å². The molecule has 1 heterocycles. The van der Waals surface area contributed by atoms with E-state index < -0.39 is 0 Å². The van der Waals surface area contributed by atoms with Gasteiger partial charge in [-0.2, -0.15) is 0 Å². The normalized spacial score (nSPS) is 13.3. The molecule has 0 spiro atoms. The lowest BCUT2D eigenvalue weighted by Gasteiger charge is -2.38. The van der Waals surface area contributed by atoms with Crippen LogP contribution in [-0.4, -0.2) is 58.8 Å². The smallest absolute Gasteiger partial charge is 0.253 e. The molecular weight excluding hydrogens is 456 g/mol. The maximum Gasteiger partial charge on any atom is 0.253 e. The minimum atomic E-state index is -0.272. The summed E-state index contributed by atoms with van der Waals surface area (Å²) in [4.78, 5) is 29.9. The molecule has 0 aromatic heterocycles. The maximum atomic E-state index is 13.3. The fraction of sp³-hybridized carbons (Fsp3) is 0.286. The predicted molar refractivity (Wildman–Crippen MR) is 142 cm³/mol. The van der Waals surface area contributed by atoms with Crippen LogP contribution in [0, 0.1) is 0 Å². The first kappa shape index (κ1) is 25.1. The quantitative estimate of drug-likeness (QED) is 0.480. The Morgan fingerprint density at radius 3 is 2.19 bits per heavy atom. The van der Waals surface area contributed by atoms with Crippen LogP contribution in [-0.2, 0) is 16.1 Å². The molecule has 4 rings (SSSR count). The zero-order valence-corrected chi connectivity index (χ0v) is 20.7. The molecule has 0 unspecified atom stereocenters. The van der Waals surface area contributed by atoms with Crippen LogP contribution in [0.15, 0.2) is 72.8 Å². The second kappa shape index (κ2) is 12.1. The number of para-hydroxylation sites is 2. The van der Waals surface area contributed by atoms with E-state index in [0.29, 0.717) is 17.8 Å². The second-order valence-electron chi connectivity index (χ2n) is 8.53. The monoisotopic (exact) mass is 488 g/mol. The van der Waals surface area contributed by atoms with Crippen LogP contribution in [0.3, 0.4) is 0 Å². The molecule has 36 heavy (non-hydrogen) atoms. The summed E-state index contributed by atoms with van der Waals surface area (Å²) in [5, 5.41) is 5.82. The fourth-order valence-corrected chi connectivity index (χ4v) is 4.35. The van der Waals surface area contributed by atoms with E-state index in [4.69, 9.17) is 9.47 Å². The number of anilines is 3. The van der Waals surface area contributed by atoms with Gasteiger partial charge in [-0.05, 0) is 35.9 Å². The van der Waals surface area contributed by atoms with Crippen molar-refractivity contribution in [3.05, 3.63) is 83.9 Å². The molecule has 0 saturated carbocycles. The van der Waals surface area contributed by atoms with Gasteiger partial charge in [-0.1, -0.05) is 42.5 Å². The average Bonchev–Trinajstić information content (AvgIpc) is 2.92. The number of carbonyl (C=O) groups is 2. The number of hydrogen-bond acceptors (Lipinski definition) is 6. The first-order valence-electron chi connectivity index (χ1n) is 12.0. The summed E-state index contributed by atoms with van der Waals surface area (Å²) in [6.45, 7) is 3.43. The minimum absolute atomic E-state index is 0.0534. The molecule has 3 aromatic carbocycles. The van der Waals surface area contributed by atoms with Crippen LogP contribution in [0.5, 0.6) is 5.75 Å².